The third kappa shape index (κ3) is 1.63. The lowest BCUT2D eigenvalue weighted by atomic mass is 9.84. The van der Waals surface area contributed by atoms with Gasteiger partial charge in [0.2, 0.25) is 0 Å². The van der Waals surface area contributed by atoms with Crippen LogP contribution in [0.25, 0.3) is 0 Å². The van der Waals surface area contributed by atoms with Crippen molar-refractivity contribution < 1.29 is 9.90 Å². The van der Waals surface area contributed by atoms with Crippen LogP contribution in [0.5, 0.6) is 0 Å². The molecule has 0 aromatic rings. The van der Waals surface area contributed by atoms with Gasteiger partial charge in [0.1, 0.15) is 0 Å². The summed E-state index contributed by atoms with van der Waals surface area (Å²) in [5.74, 6) is 0. The van der Waals surface area contributed by atoms with Gasteiger partial charge in [-0.15, -0.1) is 0 Å². The Morgan fingerprint density at radius 1 is 1.38 bits per heavy atom. The summed E-state index contributed by atoms with van der Waals surface area (Å²) in [6.45, 7) is 8.52. The summed E-state index contributed by atoms with van der Waals surface area (Å²) in [5, 5.41) is 12.6. The van der Waals surface area contributed by atoms with Crippen molar-refractivity contribution in [2.24, 2.45) is 0 Å². The number of carbonyl (C=O) groups excluding carboxylic acids is 1. The van der Waals surface area contributed by atoms with Crippen molar-refractivity contribution in [3.8, 4) is 0 Å². The zero-order valence-corrected chi connectivity index (χ0v) is 8.72. The van der Waals surface area contributed by atoms with E-state index >= 15 is 0 Å². The van der Waals surface area contributed by atoms with Gasteiger partial charge in [0.05, 0.1) is 11.1 Å². The second-order valence-corrected chi connectivity index (χ2v) is 4.50. The van der Waals surface area contributed by atoms with Crippen LogP contribution in [0.3, 0.4) is 0 Å². The predicted molar refractivity (Wildman–Crippen MR) is 50.5 cm³/mol. The van der Waals surface area contributed by atoms with Gasteiger partial charge in [-0.1, -0.05) is 0 Å². The summed E-state index contributed by atoms with van der Waals surface area (Å²) in [6, 6.07) is -0.0906. The molecule has 1 fully saturated rings. The molecule has 0 atom stereocenters. The molecule has 1 aliphatic heterocycles. The number of nitrogens with one attached hydrogen (secondary N) is 1. The summed E-state index contributed by atoms with van der Waals surface area (Å²) in [5.41, 5.74) is -1.43. The zero-order valence-electron chi connectivity index (χ0n) is 8.72. The maximum atomic E-state index is 11.4. The standard InChI is InChI=1S/C9H18N2O2/c1-8(2,9(3,4)13)11-6-5-10-7(11)12/h13H,5-6H2,1-4H3,(H,10,12). The number of hydrogen-bond acceptors (Lipinski definition) is 2. The molecule has 4 nitrogen and oxygen atoms in total. The highest BCUT2D eigenvalue weighted by Gasteiger charge is 2.44. The molecule has 1 heterocycles. The highest BCUT2D eigenvalue weighted by Crippen LogP contribution is 2.28. The van der Waals surface area contributed by atoms with Gasteiger partial charge in [0, 0.05) is 13.1 Å². The van der Waals surface area contributed by atoms with Crippen LogP contribution in [0, 0.1) is 0 Å². The van der Waals surface area contributed by atoms with Crippen LogP contribution in [0.2, 0.25) is 0 Å². The number of urea groups is 1. The molecule has 2 N–H and O–H groups in total. The average Bonchev–Trinajstić information content (AvgIpc) is 2.32. The van der Waals surface area contributed by atoms with Crippen molar-refractivity contribution in [3.63, 3.8) is 0 Å². The molecular weight excluding hydrogens is 168 g/mol. The van der Waals surface area contributed by atoms with E-state index < -0.39 is 11.1 Å². The zero-order chi connectivity index (χ0) is 10.3. The normalized spacial score (nSPS) is 19.2. The van der Waals surface area contributed by atoms with E-state index in [2.05, 4.69) is 5.32 Å². The molecule has 2 amide bonds. The second kappa shape index (κ2) is 2.87. The molecule has 13 heavy (non-hydrogen) atoms. The highest BCUT2D eigenvalue weighted by molar-refractivity contribution is 5.77. The lowest BCUT2D eigenvalue weighted by molar-refractivity contribution is -0.0482. The molecule has 4 heteroatoms. The van der Waals surface area contributed by atoms with Gasteiger partial charge in [0.25, 0.3) is 0 Å². The average molecular weight is 186 g/mol. The lowest BCUT2D eigenvalue weighted by Gasteiger charge is -2.43. The van der Waals surface area contributed by atoms with Crippen LogP contribution in [0.4, 0.5) is 4.79 Å². The molecule has 0 radical (unpaired) electrons. The number of nitrogens with zero attached hydrogens (tertiary/aromatic N) is 1. The first kappa shape index (κ1) is 10.3. The van der Waals surface area contributed by atoms with Gasteiger partial charge in [-0.3, -0.25) is 0 Å². The first-order chi connectivity index (χ1) is 5.77. The third-order valence-electron chi connectivity index (χ3n) is 3.03. The molecule has 1 rings (SSSR count). The Bertz CT molecular complexity index is 218. The van der Waals surface area contributed by atoms with Crippen molar-refractivity contribution in [2.45, 2.75) is 38.8 Å². The number of hydrogen-bond donors (Lipinski definition) is 2. The van der Waals surface area contributed by atoms with Crippen molar-refractivity contribution in [3.05, 3.63) is 0 Å². The number of rotatable bonds is 2. The Morgan fingerprint density at radius 3 is 2.23 bits per heavy atom. The molecule has 0 aromatic heterocycles. The monoisotopic (exact) mass is 186 g/mol. The first-order valence-corrected chi connectivity index (χ1v) is 4.54. The summed E-state index contributed by atoms with van der Waals surface area (Å²) < 4.78 is 0. The van der Waals surface area contributed by atoms with Crippen LogP contribution in [-0.4, -0.2) is 40.3 Å². The van der Waals surface area contributed by atoms with E-state index in [0.29, 0.717) is 13.1 Å². The SMILES string of the molecule is CC(C)(O)C(C)(C)N1CCNC1=O. The van der Waals surface area contributed by atoms with Crippen LogP contribution in [-0.2, 0) is 0 Å². The second-order valence-electron chi connectivity index (χ2n) is 4.50. The topological polar surface area (TPSA) is 52.6 Å². The van der Waals surface area contributed by atoms with E-state index in [1.54, 1.807) is 18.7 Å². The predicted octanol–water partition coefficient (Wildman–Crippen LogP) is 0.561. The summed E-state index contributed by atoms with van der Waals surface area (Å²) in [7, 11) is 0. The van der Waals surface area contributed by atoms with Gasteiger partial charge < -0.3 is 15.3 Å². The number of aliphatic hydroxyl groups is 1. The molecule has 1 saturated heterocycles. The Morgan fingerprint density at radius 2 is 1.92 bits per heavy atom. The van der Waals surface area contributed by atoms with Crippen molar-refractivity contribution >= 4 is 6.03 Å². The van der Waals surface area contributed by atoms with E-state index in [1.165, 1.54) is 0 Å². The quantitative estimate of drug-likeness (QED) is 0.662. The molecule has 0 aliphatic carbocycles. The van der Waals surface area contributed by atoms with Crippen LogP contribution < -0.4 is 5.32 Å². The van der Waals surface area contributed by atoms with Gasteiger partial charge in [0.15, 0.2) is 0 Å². The molecule has 0 bridgehead atoms. The maximum absolute atomic E-state index is 11.4. The van der Waals surface area contributed by atoms with E-state index in [4.69, 9.17) is 0 Å². The Kier molecular flexibility index (Phi) is 2.28. The lowest BCUT2D eigenvalue weighted by Crippen LogP contribution is -2.58. The largest absolute Gasteiger partial charge is 0.388 e. The minimum absolute atomic E-state index is 0.0906. The van der Waals surface area contributed by atoms with Crippen molar-refractivity contribution in [1.29, 1.82) is 0 Å². The molecule has 76 valence electrons. The van der Waals surface area contributed by atoms with E-state index in [-0.39, 0.29) is 6.03 Å². The smallest absolute Gasteiger partial charge is 0.318 e. The van der Waals surface area contributed by atoms with Crippen molar-refractivity contribution in [2.75, 3.05) is 13.1 Å². The Balaban J connectivity index is 2.86. The van der Waals surface area contributed by atoms with Crippen LogP contribution in [0.15, 0.2) is 0 Å². The highest BCUT2D eigenvalue weighted by atomic mass is 16.3. The molecular formula is C9H18N2O2. The minimum atomic E-state index is -0.894. The number of carbonyl (C=O) groups is 1. The summed E-state index contributed by atoms with van der Waals surface area (Å²) in [4.78, 5) is 13.0. The molecule has 0 unspecified atom stereocenters. The fourth-order valence-electron chi connectivity index (χ4n) is 1.34. The van der Waals surface area contributed by atoms with Crippen molar-refractivity contribution in [1.82, 2.24) is 10.2 Å². The van der Waals surface area contributed by atoms with Gasteiger partial charge in [-0.05, 0) is 27.7 Å². The van der Waals surface area contributed by atoms with E-state index in [1.807, 2.05) is 13.8 Å². The van der Waals surface area contributed by atoms with Gasteiger partial charge in [-0.2, -0.15) is 0 Å². The fraction of sp³-hybridized carbons (Fsp3) is 0.889. The summed E-state index contributed by atoms with van der Waals surface area (Å²) >= 11 is 0. The molecule has 0 aromatic carbocycles. The van der Waals surface area contributed by atoms with Crippen LogP contribution >= 0.6 is 0 Å². The molecule has 1 aliphatic rings. The summed E-state index contributed by atoms with van der Waals surface area (Å²) in [6.07, 6.45) is 0. The van der Waals surface area contributed by atoms with Gasteiger partial charge >= 0.3 is 6.03 Å². The van der Waals surface area contributed by atoms with E-state index in [9.17, 15) is 9.90 Å². The Hall–Kier alpha value is -0.770. The minimum Gasteiger partial charge on any atom is -0.388 e. The third-order valence-corrected chi connectivity index (χ3v) is 3.03. The molecule has 0 spiro atoms. The first-order valence-electron chi connectivity index (χ1n) is 4.54. The Labute approximate surface area is 78.9 Å². The molecule has 0 saturated carbocycles. The van der Waals surface area contributed by atoms with Gasteiger partial charge in [-0.25, -0.2) is 4.79 Å². The van der Waals surface area contributed by atoms with Crippen LogP contribution in [0.1, 0.15) is 27.7 Å². The maximum Gasteiger partial charge on any atom is 0.318 e. The van der Waals surface area contributed by atoms with E-state index in [0.717, 1.165) is 0 Å². The fourth-order valence-corrected chi connectivity index (χ4v) is 1.34. The number of amides is 2.